The molecule has 60 valence electrons. The summed E-state index contributed by atoms with van der Waals surface area (Å²) in [5.74, 6) is 0. The molecule has 1 rings (SSSR count). The topological polar surface area (TPSA) is 34.9 Å². The smallest absolute Gasteiger partial charge is 0.131 e. The van der Waals surface area contributed by atoms with Crippen molar-refractivity contribution in [3.05, 3.63) is 18.0 Å². The number of carbonyl (C=O) groups is 1. The minimum absolute atomic E-state index is 0.457. The van der Waals surface area contributed by atoms with Crippen LogP contribution in [-0.2, 0) is 17.3 Å². The first-order valence-corrected chi connectivity index (χ1v) is 3.53. The van der Waals surface area contributed by atoms with Gasteiger partial charge in [-0.15, -0.1) is 0 Å². The first-order chi connectivity index (χ1) is 5.06. The van der Waals surface area contributed by atoms with Gasteiger partial charge < -0.3 is 4.79 Å². The van der Waals surface area contributed by atoms with E-state index < -0.39 is 5.41 Å². The Bertz CT molecular complexity index is 263. The third kappa shape index (κ3) is 1.48. The molecular weight excluding hydrogens is 140 g/mol. The van der Waals surface area contributed by atoms with E-state index in [0.717, 1.165) is 12.0 Å². The summed E-state index contributed by atoms with van der Waals surface area (Å²) in [5, 5.41) is 4.14. The minimum Gasteiger partial charge on any atom is -0.302 e. The highest BCUT2D eigenvalue weighted by atomic mass is 16.1. The highest BCUT2D eigenvalue weighted by Gasteiger charge is 2.21. The highest BCUT2D eigenvalue weighted by molar-refractivity contribution is 5.65. The Hall–Kier alpha value is -1.12. The first-order valence-electron chi connectivity index (χ1n) is 3.53. The molecular formula is C8H12N2O. The number of aromatic nitrogens is 2. The van der Waals surface area contributed by atoms with Gasteiger partial charge in [0, 0.05) is 13.2 Å². The molecule has 0 aliphatic carbocycles. The van der Waals surface area contributed by atoms with Crippen molar-refractivity contribution in [1.29, 1.82) is 0 Å². The fraction of sp³-hybridized carbons (Fsp3) is 0.500. The molecule has 0 spiro atoms. The predicted octanol–water partition coefficient (Wildman–Crippen LogP) is 0.897. The molecule has 0 bridgehead atoms. The highest BCUT2D eigenvalue weighted by Crippen LogP contribution is 2.17. The van der Waals surface area contributed by atoms with Crippen LogP contribution in [0.5, 0.6) is 0 Å². The number of hydrogen-bond acceptors (Lipinski definition) is 2. The van der Waals surface area contributed by atoms with E-state index in [0.29, 0.717) is 0 Å². The Kier molecular flexibility index (Phi) is 1.81. The predicted molar refractivity (Wildman–Crippen MR) is 42.3 cm³/mol. The third-order valence-corrected chi connectivity index (χ3v) is 1.67. The normalized spacial score (nSPS) is 11.5. The van der Waals surface area contributed by atoms with E-state index in [9.17, 15) is 4.79 Å². The van der Waals surface area contributed by atoms with Crippen molar-refractivity contribution in [2.45, 2.75) is 19.3 Å². The zero-order valence-corrected chi connectivity index (χ0v) is 7.03. The summed E-state index contributed by atoms with van der Waals surface area (Å²) in [6.07, 6.45) is 2.75. The van der Waals surface area contributed by atoms with E-state index in [-0.39, 0.29) is 0 Å². The molecule has 1 heterocycles. The van der Waals surface area contributed by atoms with Gasteiger partial charge in [-0.05, 0) is 19.9 Å². The largest absolute Gasteiger partial charge is 0.302 e. The summed E-state index contributed by atoms with van der Waals surface area (Å²) < 4.78 is 1.70. The summed E-state index contributed by atoms with van der Waals surface area (Å²) >= 11 is 0. The summed E-state index contributed by atoms with van der Waals surface area (Å²) in [5.41, 5.74) is 0.358. The monoisotopic (exact) mass is 152 g/mol. The minimum atomic E-state index is -0.457. The average molecular weight is 152 g/mol. The second-order valence-corrected chi connectivity index (χ2v) is 3.21. The molecule has 11 heavy (non-hydrogen) atoms. The van der Waals surface area contributed by atoms with Gasteiger partial charge in [-0.3, -0.25) is 4.68 Å². The summed E-state index contributed by atoms with van der Waals surface area (Å²) in [7, 11) is 1.84. The van der Waals surface area contributed by atoms with Crippen LogP contribution in [0.4, 0.5) is 0 Å². The lowest BCUT2D eigenvalue weighted by atomic mass is 9.92. The summed E-state index contributed by atoms with van der Waals surface area (Å²) in [6.45, 7) is 3.70. The maximum absolute atomic E-state index is 10.6. The van der Waals surface area contributed by atoms with Crippen LogP contribution in [0.2, 0.25) is 0 Å². The fourth-order valence-corrected chi connectivity index (χ4v) is 0.819. The molecule has 0 radical (unpaired) electrons. The Morgan fingerprint density at radius 1 is 1.64 bits per heavy atom. The molecule has 0 fully saturated rings. The Labute approximate surface area is 66.0 Å². The molecule has 0 saturated heterocycles. The molecule has 0 aliphatic heterocycles. The fourth-order valence-electron chi connectivity index (χ4n) is 0.819. The van der Waals surface area contributed by atoms with Crippen molar-refractivity contribution >= 4 is 6.29 Å². The first kappa shape index (κ1) is 7.98. The molecule has 0 amide bonds. The lowest BCUT2D eigenvalue weighted by molar-refractivity contribution is -0.111. The van der Waals surface area contributed by atoms with Crippen LogP contribution in [0.1, 0.15) is 19.5 Å². The number of aryl methyl sites for hydroxylation is 1. The maximum Gasteiger partial charge on any atom is 0.131 e. The lowest BCUT2D eigenvalue weighted by Gasteiger charge is -2.12. The summed E-state index contributed by atoms with van der Waals surface area (Å²) in [6, 6.07) is 1.86. The number of rotatable bonds is 2. The molecule has 3 nitrogen and oxygen atoms in total. The van der Waals surface area contributed by atoms with Gasteiger partial charge in [-0.2, -0.15) is 5.10 Å². The van der Waals surface area contributed by atoms with Crippen LogP contribution in [0.25, 0.3) is 0 Å². The molecule has 3 heteroatoms. The molecule has 0 aromatic carbocycles. The van der Waals surface area contributed by atoms with Gasteiger partial charge in [0.2, 0.25) is 0 Å². The van der Waals surface area contributed by atoms with Crippen LogP contribution in [0.15, 0.2) is 12.3 Å². The van der Waals surface area contributed by atoms with Gasteiger partial charge in [0.05, 0.1) is 11.1 Å². The Morgan fingerprint density at radius 3 is 2.64 bits per heavy atom. The van der Waals surface area contributed by atoms with Crippen molar-refractivity contribution in [2.24, 2.45) is 7.05 Å². The number of hydrogen-bond donors (Lipinski definition) is 0. The van der Waals surface area contributed by atoms with E-state index in [1.807, 2.05) is 33.2 Å². The van der Waals surface area contributed by atoms with Crippen molar-refractivity contribution in [3.8, 4) is 0 Å². The van der Waals surface area contributed by atoms with E-state index in [1.54, 1.807) is 4.68 Å². The van der Waals surface area contributed by atoms with Crippen molar-refractivity contribution in [1.82, 2.24) is 9.78 Å². The zero-order valence-electron chi connectivity index (χ0n) is 7.03. The molecule has 0 saturated carbocycles. The zero-order chi connectivity index (χ0) is 8.48. The SMILES string of the molecule is Cn1ccc(C(C)(C)C=O)n1. The molecule has 0 unspecified atom stereocenters. The molecule has 0 aliphatic rings. The Balaban J connectivity index is 3.01. The quantitative estimate of drug-likeness (QED) is 0.590. The number of carbonyl (C=O) groups excluding carboxylic acids is 1. The van der Waals surface area contributed by atoms with Gasteiger partial charge in [0.25, 0.3) is 0 Å². The van der Waals surface area contributed by atoms with Crippen molar-refractivity contribution < 1.29 is 4.79 Å². The second-order valence-electron chi connectivity index (χ2n) is 3.21. The van der Waals surface area contributed by atoms with Gasteiger partial charge in [-0.1, -0.05) is 0 Å². The molecule has 0 atom stereocenters. The third-order valence-electron chi connectivity index (χ3n) is 1.67. The van der Waals surface area contributed by atoms with Gasteiger partial charge in [-0.25, -0.2) is 0 Å². The molecule has 1 aromatic rings. The standard InChI is InChI=1S/C8H12N2O/c1-8(2,6-11)7-4-5-10(3)9-7/h4-6H,1-3H3. The van der Waals surface area contributed by atoms with Gasteiger partial charge >= 0.3 is 0 Å². The van der Waals surface area contributed by atoms with Crippen LogP contribution in [0, 0.1) is 0 Å². The van der Waals surface area contributed by atoms with E-state index in [1.165, 1.54) is 0 Å². The van der Waals surface area contributed by atoms with E-state index in [2.05, 4.69) is 5.10 Å². The maximum atomic E-state index is 10.6. The average Bonchev–Trinajstić information content (AvgIpc) is 2.36. The number of nitrogens with zero attached hydrogens (tertiary/aromatic N) is 2. The second kappa shape index (κ2) is 2.49. The van der Waals surface area contributed by atoms with Gasteiger partial charge in [0.15, 0.2) is 0 Å². The summed E-state index contributed by atoms with van der Waals surface area (Å²) in [4.78, 5) is 10.6. The lowest BCUT2D eigenvalue weighted by Crippen LogP contribution is -2.19. The van der Waals surface area contributed by atoms with Crippen LogP contribution < -0.4 is 0 Å². The van der Waals surface area contributed by atoms with Crippen molar-refractivity contribution in [2.75, 3.05) is 0 Å². The van der Waals surface area contributed by atoms with Gasteiger partial charge in [0.1, 0.15) is 6.29 Å². The van der Waals surface area contributed by atoms with E-state index in [4.69, 9.17) is 0 Å². The van der Waals surface area contributed by atoms with E-state index >= 15 is 0 Å². The van der Waals surface area contributed by atoms with Crippen LogP contribution >= 0.6 is 0 Å². The number of aldehydes is 1. The van der Waals surface area contributed by atoms with Crippen molar-refractivity contribution in [3.63, 3.8) is 0 Å². The Morgan fingerprint density at radius 2 is 2.27 bits per heavy atom. The van der Waals surface area contributed by atoms with Crippen LogP contribution in [0.3, 0.4) is 0 Å². The molecule has 0 N–H and O–H groups in total. The molecule has 1 aromatic heterocycles. The van der Waals surface area contributed by atoms with Crippen LogP contribution in [-0.4, -0.2) is 16.1 Å².